The lowest BCUT2D eigenvalue weighted by molar-refractivity contribution is -0.385. The number of ether oxygens (including phenoxy) is 4. The van der Waals surface area contributed by atoms with Crippen molar-refractivity contribution in [1.29, 1.82) is 0 Å². The number of Topliss-reactive ketones (excluding diaryl/α,β-unsaturated/α-hetero) is 1. The molecule has 2 amide bonds. The van der Waals surface area contributed by atoms with Gasteiger partial charge in [0.15, 0.2) is 0 Å². The Hall–Kier alpha value is -8.68. The second-order valence-electron chi connectivity index (χ2n) is 16.8. The molecule has 1 heterocycles. The van der Waals surface area contributed by atoms with Crippen molar-refractivity contribution in [3.05, 3.63) is 211 Å². The summed E-state index contributed by atoms with van der Waals surface area (Å²) in [6, 6.07) is 42.1. The molecule has 20 nitrogen and oxygen atoms in total. The summed E-state index contributed by atoms with van der Waals surface area (Å²) in [5, 5.41) is 37.1. The van der Waals surface area contributed by atoms with Crippen molar-refractivity contribution in [3.63, 3.8) is 0 Å². The maximum atomic E-state index is 15.6. The second kappa shape index (κ2) is 24.8. The third kappa shape index (κ3) is 12.8. The van der Waals surface area contributed by atoms with Crippen molar-refractivity contribution in [2.75, 3.05) is 12.3 Å². The first-order valence-corrected chi connectivity index (χ1v) is 25.9. The number of carbonyl (C=O) groups is 5. The van der Waals surface area contributed by atoms with Gasteiger partial charge in [0.05, 0.1) is 32.0 Å². The molecule has 1 N–H and O–H groups in total. The van der Waals surface area contributed by atoms with Crippen LogP contribution in [0.5, 0.6) is 0 Å². The normalized spacial score (nSPS) is 14.7. The summed E-state index contributed by atoms with van der Waals surface area (Å²) in [4.78, 5) is 105. The van der Waals surface area contributed by atoms with Gasteiger partial charge in [-0.3, -0.25) is 44.8 Å². The van der Waals surface area contributed by atoms with Gasteiger partial charge < -0.3 is 24.3 Å². The van der Waals surface area contributed by atoms with Crippen molar-refractivity contribution >= 4 is 86.9 Å². The molecule has 7 rings (SSSR count). The Kier molecular flexibility index (Phi) is 17.9. The number of esters is 1. The summed E-state index contributed by atoms with van der Waals surface area (Å²) in [7, 11) is 0. The number of thioether (sulfide) groups is 1. The quantitative estimate of drug-likeness (QED) is 0.0129. The molecule has 1 unspecified atom stereocenters. The summed E-state index contributed by atoms with van der Waals surface area (Å²) >= 11 is 1.07. The molecule has 6 aromatic carbocycles. The molecule has 0 radical (unpaired) electrons. The van der Waals surface area contributed by atoms with Gasteiger partial charge in [0, 0.05) is 55.6 Å². The molecule has 75 heavy (non-hydrogen) atoms. The van der Waals surface area contributed by atoms with Crippen molar-refractivity contribution in [2.24, 2.45) is 5.92 Å². The average Bonchev–Trinajstić information content (AvgIpc) is 3.42. The van der Waals surface area contributed by atoms with Crippen LogP contribution in [-0.2, 0) is 53.2 Å². The van der Waals surface area contributed by atoms with E-state index in [-0.39, 0.29) is 54.6 Å². The summed E-state index contributed by atoms with van der Waals surface area (Å²) in [5.74, 6) is -3.33. The van der Waals surface area contributed by atoms with Crippen molar-refractivity contribution in [1.82, 2.24) is 10.2 Å². The first-order valence-electron chi connectivity index (χ1n) is 23.1. The number of non-ortho nitro benzene ring substituents is 3. The van der Waals surface area contributed by atoms with Crippen molar-refractivity contribution < 1.29 is 57.7 Å². The Bertz CT molecular complexity index is 3010. The number of nitro benzene ring substituents is 3. The van der Waals surface area contributed by atoms with E-state index < -0.39 is 74.9 Å². The van der Waals surface area contributed by atoms with E-state index in [0.717, 1.165) is 11.8 Å². The van der Waals surface area contributed by atoms with Crippen LogP contribution in [0.3, 0.4) is 0 Å². The van der Waals surface area contributed by atoms with E-state index in [4.69, 9.17) is 18.9 Å². The van der Waals surface area contributed by atoms with E-state index >= 15 is 9.59 Å². The molecule has 1 aliphatic heterocycles. The number of nitrogens with zero attached hydrogens (tertiary/aromatic N) is 4. The number of hydrogen-bond acceptors (Lipinski definition) is 16. The predicted octanol–water partition coefficient (Wildman–Crippen LogP) is 7.76. The third-order valence-corrected chi connectivity index (χ3v) is 17.7. The number of carbonyl (C=O) groups excluding carboxylic acids is 5. The van der Waals surface area contributed by atoms with Crippen molar-refractivity contribution in [3.8, 4) is 0 Å². The molecular formula is C53H48N5O15PS. The zero-order valence-corrected chi connectivity index (χ0v) is 41.9. The minimum Gasteiger partial charge on any atom is -0.456 e. The molecular weight excluding hydrogens is 1010 g/mol. The van der Waals surface area contributed by atoms with Gasteiger partial charge in [-0.1, -0.05) is 91.0 Å². The summed E-state index contributed by atoms with van der Waals surface area (Å²) in [6.07, 6.45) is -3.32. The number of hydrogen-bond donors (Lipinski definition) is 1. The third-order valence-electron chi connectivity index (χ3n) is 12.1. The number of nitrogens with one attached hydrogen (secondary N) is 1. The zero-order chi connectivity index (χ0) is 53.6. The Morgan fingerprint density at radius 1 is 0.613 bits per heavy atom. The molecule has 0 aromatic heterocycles. The number of amides is 2. The Morgan fingerprint density at radius 2 is 1.01 bits per heavy atom. The molecule has 0 saturated carbocycles. The van der Waals surface area contributed by atoms with Crippen LogP contribution in [0.25, 0.3) is 0 Å². The lowest BCUT2D eigenvalue weighted by atomic mass is 9.80. The maximum Gasteiger partial charge on any atom is 0.508 e. The highest BCUT2D eigenvalue weighted by molar-refractivity contribution is 8.00. The van der Waals surface area contributed by atoms with Crippen LogP contribution >= 0.6 is 18.6 Å². The number of rotatable bonds is 22. The number of alkyl carbamates (subject to hydrolysis) is 1. The van der Waals surface area contributed by atoms with Gasteiger partial charge in [0.25, 0.3) is 17.1 Å². The zero-order valence-electron chi connectivity index (χ0n) is 40.2. The predicted molar refractivity (Wildman–Crippen MR) is 279 cm³/mol. The van der Waals surface area contributed by atoms with Gasteiger partial charge in [0.2, 0.25) is 5.91 Å². The molecule has 22 heteroatoms. The Balaban J connectivity index is 1.30. The monoisotopic (exact) mass is 1060 g/mol. The van der Waals surface area contributed by atoms with E-state index in [2.05, 4.69) is 5.32 Å². The first kappa shape index (κ1) is 54.1. The van der Waals surface area contributed by atoms with E-state index in [1.807, 2.05) is 36.4 Å². The van der Waals surface area contributed by atoms with Crippen LogP contribution in [0.15, 0.2) is 164 Å². The van der Waals surface area contributed by atoms with Gasteiger partial charge in [-0.25, -0.2) is 14.4 Å². The summed E-state index contributed by atoms with van der Waals surface area (Å²) in [5.41, 5.74) is 0.679. The van der Waals surface area contributed by atoms with Gasteiger partial charge in [-0.05, 0) is 82.8 Å². The van der Waals surface area contributed by atoms with Crippen LogP contribution in [0, 0.1) is 36.3 Å². The fraction of sp³-hybridized carbons (Fsp3) is 0.208. The van der Waals surface area contributed by atoms with Crippen molar-refractivity contribution in [2.45, 2.75) is 51.1 Å². The fourth-order valence-corrected chi connectivity index (χ4v) is 14.1. The second-order valence-corrected chi connectivity index (χ2v) is 21.4. The minimum atomic E-state index is -3.60. The van der Waals surface area contributed by atoms with Gasteiger partial charge in [0.1, 0.15) is 37.1 Å². The number of likely N-dealkylation sites (tertiary alicyclic amines) is 1. The van der Waals surface area contributed by atoms with Crippen LogP contribution in [0.4, 0.5) is 26.7 Å². The number of ketones is 1. The van der Waals surface area contributed by atoms with Crippen LogP contribution < -0.4 is 21.2 Å². The van der Waals surface area contributed by atoms with Gasteiger partial charge in [-0.2, -0.15) is 0 Å². The molecule has 1 fully saturated rings. The molecule has 4 atom stereocenters. The van der Waals surface area contributed by atoms with Crippen LogP contribution in [-0.4, -0.2) is 84.7 Å². The Morgan fingerprint density at radius 3 is 1.41 bits per heavy atom. The van der Waals surface area contributed by atoms with E-state index in [1.54, 1.807) is 54.6 Å². The maximum absolute atomic E-state index is 15.6. The number of β-lactam (4-membered cyclic amide) rings is 1. The largest absolute Gasteiger partial charge is 0.508 e. The molecule has 6 aromatic rings. The molecule has 0 aliphatic carbocycles. The van der Waals surface area contributed by atoms with E-state index in [0.29, 0.717) is 32.6 Å². The first-order chi connectivity index (χ1) is 36.1. The molecule has 0 spiro atoms. The highest BCUT2D eigenvalue weighted by atomic mass is 32.2. The molecule has 386 valence electrons. The SMILES string of the molecule is CC(=O)C(SCCNC(=O)OCc1ccc([N+](=O)[O-])cc1)[C@H]1[C@@H]([C@@H](C)OC(=O)OCc2ccc([N+](=O)[O-])cc2)C(=O)N1C(C(=O)OCc1ccc([N+](=O)[O-])cc1)=P(c1ccccc1)(c1ccccc1)c1ccccc1. The molecule has 1 aliphatic rings. The van der Waals surface area contributed by atoms with Gasteiger partial charge >= 0.3 is 18.2 Å². The summed E-state index contributed by atoms with van der Waals surface area (Å²) < 4.78 is 22.6. The molecule has 1 saturated heterocycles. The van der Waals surface area contributed by atoms with Gasteiger partial charge in [-0.15, -0.1) is 11.8 Å². The average molecular weight is 1060 g/mol. The van der Waals surface area contributed by atoms with Crippen LogP contribution in [0.1, 0.15) is 30.5 Å². The summed E-state index contributed by atoms with van der Waals surface area (Å²) in [6.45, 7) is -1.81. The lowest BCUT2D eigenvalue weighted by Gasteiger charge is -2.53. The molecule has 0 bridgehead atoms. The smallest absolute Gasteiger partial charge is 0.456 e. The lowest BCUT2D eigenvalue weighted by Crippen LogP contribution is -2.72. The number of nitro groups is 3. The topological polar surface area (TPSA) is 267 Å². The standard InChI is InChI=1S/C53H48N5O15PS/c1-35(59)48(75-31-30-54-52(62)71-33-38-20-26-41(27-21-38)57(66)67)47-46(36(2)73-53(63)72-34-39-22-28-42(29-23-39)58(68)69)49(60)55(47)50(51(61)70-32-37-18-24-40(25-19-37)56(64)65)74(43-12-6-3-7-13-43,44-14-8-4-9-15-44)45-16-10-5-11-17-45/h3-29,36,46-48H,30-34H2,1-2H3,(H,54,62)/t36-,46-,47-,48?/m1/s1. The fourth-order valence-electron chi connectivity index (χ4n) is 8.50. The number of benzene rings is 6. The highest BCUT2D eigenvalue weighted by Crippen LogP contribution is 2.51. The highest BCUT2D eigenvalue weighted by Gasteiger charge is 2.60. The van der Waals surface area contributed by atoms with E-state index in [1.165, 1.54) is 91.5 Å². The minimum absolute atomic E-state index is 0.0528. The van der Waals surface area contributed by atoms with Crippen LogP contribution in [0.2, 0.25) is 0 Å². The Labute approximate surface area is 433 Å². The van der Waals surface area contributed by atoms with E-state index in [9.17, 15) is 44.7 Å².